The predicted octanol–water partition coefficient (Wildman–Crippen LogP) is 6.01. The van der Waals surface area contributed by atoms with Crippen LogP contribution in [0.2, 0.25) is 0 Å². The summed E-state index contributed by atoms with van der Waals surface area (Å²) in [5.41, 5.74) is 1.65. The number of benzene rings is 3. The first-order valence-electron chi connectivity index (χ1n) is 12.1. The van der Waals surface area contributed by atoms with Gasteiger partial charge >= 0.3 is 0 Å². The van der Waals surface area contributed by atoms with Crippen LogP contribution >= 0.6 is 11.8 Å². The normalized spacial score (nSPS) is 16.6. The van der Waals surface area contributed by atoms with Crippen molar-refractivity contribution in [3.63, 3.8) is 0 Å². The fraction of sp³-hybridized carbons (Fsp3) is 0.321. The Morgan fingerprint density at radius 3 is 2.50 bits per heavy atom. The molecule has 36 heavy (non-hydrogen) atoms. The van der Waals surface area contributed by atoms with Gasteiger partial charge in [0.15, 0.2) is 0 Å². The van der Waals surface area contributed by atoms with Gasteiger partial charge < -0.3 is 10.1 Å². The molecule has 1 saturated heterocycles. The van der Waals surface area contributed by atoms with Crippen LogP contribution < -0.4 is 10.1 Å². The summed E-state index contributed by atoms with van der Waals surface area (Å²) >= 11 is 1.58. The third-order valence-corrected chi connectivity index (χ3v) is 9.31. The lowest BCUT2D eigenvalue weighted by Crippen LogP contribution is -2.43. The van der Waals surface area contributed by atoms with Crippen LogP contribution in [-0.4, -0.2) is 38.8 Å². The number of anilines is 1. The molecule has 3 aromatic carbocycles. The summed E-state index contributed by atoms with van der Waals surface area (Å²) in [6.07, 6.45) is 1.25. The molecule has 3 aromatic rings. The number of hydrogen-bond donors (Lipinski definition) is 1. The Labute approximate surface area is 218 Å². The molecule has 1 aliphatic rings. The van der Waals surface area contributed by atoms with E-state index in [0.29, 0.717) is 25.1 Å². The van der Waals surface area contributed by atoms with Crippen LogP contribution in [0.1, 0.15) is 38.2 Å². The number of methoxy groups -OCH3 is 1. The number of para-hydroxylation sites is 1. The second-order valence-electron chi connectivity index (χ2n) is 9.17. The van der Waals surface area contributed by atoms with Gasteiger partial charge in [-0.2, -0.15) is 4.31 Å². The van der Waals surface area contributed by atoms with Crippen molar-refractivity contribution in [2.24, 2.45) is 5.92 Å². The maximum absolute atomic E-state index is 13.6. The van der Waals surface area contributed by atoms with E-state index < -0.39 is 15.9 Å². The number of rotatable bonds is 8. The molecule has 1 amide bonds. The van der Waals surface area contributed by atoms with Crippen LogP contribution in [0, 0.1) is 5.92 Å². The number of carbonyl (C=O) groups is 1. The molecule has 0 unspecified atom stereocenters. The van der Waals surface area contributed by atoms with Crippen molar-refractivity contribution in [1.82, 2.24) is 4.31 Å². The molecule has 0 radical (unpaired) electrons. The van der Waals surface area contributed by atoms with Gasteiger partial charge in [-0.25, -0.2) is 8.42 Å². The van der Waals surface area contributed by atoms with E-state index in [1.54, 1.807) is 23.9 Å². The first-order chi connectivity index (χ1) is 17.3. The van der Waals surface area contributed by atoms with Gasteiger partial charge in [-0.05, 0) is 60.7 Å². The van der Waals surface area contributed by atoms with E-state index in [-0.39, 0.29) is 23.3 Å². The quantitative estimate of drug-likeness (QED) is 0.391. The van der Waals surface area contributed by atoms with E-state index in [1.807, 2.05) is 74.5 Å². The summed E-state index contributed by atoms with van der Waals surface area (Å²) in [4.78, 5) is 15.4. The standard InChI is InChI=1S/C28H32N2O4S2/c1-20(2)21-15-16-25(34-3)27(18-21)36(32,33)30-17-9-10-22(19-30)28(31)29-24-13-7-8-14-26(24)35-23-11-5-4-6-12-23/h4-8,11-16,18,20,22H,9-10,17,19H2,1-3H3,(H,29,31)/t22-/m1/s1. The number of ether oxygens (including phenoxy) is 1. The molecule has 0 saturated carbocycles. The van der Waals surface area contributed by atoms with Crippen LogP contribution in [0.5, 0.6) is 5.75 Å². The van der Waals surface area contributed by atoms with E-state index >= 15 is 0 Å². The largest absolute Gasteiger partial charge is 0.495 e. The molecular formula is C28H32N2O4S2. The van der Waals surface area contributed by atoms with Gasteiger partial charge in [0.25, 0.3) is 0 Å². The zero-order valence-electron chi connectivity index (χ0n) is 20.8. The highest BCUT2D eigenvalue weighted by atomic mass is 32.2. The fourth-order valence-electron chi connectivity index (χ4n) is 4.28. The molecule has 1 atom stereocenters. The van der Waals surface area contributed by atoms with E-state index in [9.17, 15) is 13.2 Å². The number of amides is 1. The fourth-order valence-corrected chi connectivity index (χ4v) is 6.91. The topological polar surface area (TPSA) is 75.7 Å². The Morgan fingerprint density at radius 1 is 1.06 bits per heavy atom. The molecule has 0 aromatic heterocycles. The second-order valence-corrected chi connectivity index (χ2v) is 12.2. The van der Waals surface area contributed by atoms with Gasteiger partial charge in [0.1, 0.15) is 10.6 Å². The van der Waals surface area contributed by atoms with Crippen molar-refractivity contribution in [3.8, 4) is 5.75 Å². The SMILES string of the molecule is COc1ccc(C(C)C)cc1S(=O)(=O)N1CCC[C@@H](C(=O)Nc2ccccc2Sc2ccccc2)C1. The summed E-state index contributed by atoms with van der Waals surface area (Å²) in [6.45, 7) is 4.56. The molecule has 4 rings (SSSR count). The minimum atomic E-state index is -3.82. The first kappa shape index (κ1) is 26.3. The Hall–Kier alpha value is -2.81. The summed E-state index contributed by atoms with van der Waals surface area (Å²) in [5.74, 6) is -0.113. The molecule has 190 valence electrons. The number of nitrogens with one attached hydrogen (secondary N) is 1. The predicted molar refractivity (Wildman–Crippen MR) is 144 cm³/mol. The van der Waals surface area contributed by atoms with Gasteiger partial charge in [-0.1, -0.05) is 62.0 Å². The first-order valence-corrected chi connectivity index (χ1v) is 14.4. The molecule has 6 nitrogen and oxygen atoms in total. The van der Waals surface area contributed by atoms with Crippen LogP contribution in [0.25, 0.3) is 0 Å². The molecule has 1 fully saturated rings. The number of sulfonamides is 1. The summed E-state index contributed by atoms with van der Waals surface area (Å²) in [7, 11) is -2.35. The summed E-state index contributed by atoms with van der Waals surface area (Å²) in [6, 6.07) is 22.9. The van der Waals surface area contributed by atoms with Gasteiger partial charge in [0.05, 0.1) is 18.7 Å². The lowest BCUT2D eigenvalue weighted by molar-refractivity contribution is -0.120. The molecule has 1 heterocycles. The molecular weight excluding hydrogens is 492 g/mol. The third kappa shape index (κ3) is 5.94. The minimum absolute atomic E-state index is 0.136. The van der Waals surface area contributed by atoms with Crippen LogP contribution in [0.4, 0.5) is 5.69 Å². The molecule has 8 heteroatoms. The summed E-state index contributed by atoms with van der Waals surface area (Å²) in [5, 5.41) is 3.05. The number of nitrogens with zero attached hydrogens (tertiary/aromatic N) is 1. The maximum Gasteiger partial charge on any atom is 0.246 e. The molecule has 0 aliphatic carbocycles. The van der Waals surface area contributed by atoms with Crippen molar-refractivity contribution in [3.05, 3.63) is 78.4 Å². The zero-order chi connectivity index (χ0) is 25.7. The second kappa shape index (κ2) is 11.5. The van der Waals surface area contributed by atoms with Crippen LogP contribution in [-0.2, 0) is 14.8 Å². The van der Waals surface area contributed by atoms with Crippen molar-refractivity contribution < 1.29 is 17.9 Å². The lowest BCUT2D eigenvalue weighted by Gasteiger charge is -2.31. The van der Waals surface area contributed by atoms with Gasteiger partial charge in [-0.15, -0.1) is 0 Å². The number of carbonyl (C=O) groups excluding carboxylic acids is 1. The van der Waals surface area contributed by atoms with E-state index in [2.05, 4.69) is 5.32 Å². The van der Waals surface area contributed by atoms with Crippen molar-refractivity contribution >= 4 is 33.4 Å². The highest BCUT2D eigenvalue weighted by Crippen LogP contribution is 2.35. The Balaban J connectivity index is 1.52. The van der Waals surface area contributed by atoms with Gasteiger partial charge in [0, 0.05) is 22.9 Å². The Kier molecular flexibility index (Phi) is 8.39. The monoisotopic (exact) mass is 524 g/mol. The van der Waals surface area contributed by atoms with Crippen LogP contribution in [0.3, 0.4) is 0 Å². The maximum atomic E-state index is 13.6. The van der Waals surface area contributed by atoms with Crippen molar-refractivity contribution in [1.29, 1.82) is 0 Å². The Bertz CT molecular complexity index is 1310. The molecule has 1 aliphatic heterocycles. The van der Waals surface area contributed by atoms with Crippen molar-refractivity contribution in [2.75, 3.05) is 25.5 Å². The average molecular weight is 525 g/mol. The lowest BCUT2D eigenvalue weighted by atomic mass is 9.98. The van der Waals surface area contributed by atoms with Crippen molar-refractivity contribution in [2.45, 2.75) is 47.3 Å². The third-order valence-electron chi connectivity index (χ3n) is 6.34. The van der Waals surface area contributed by atoms with Gasteiger partial charge in [0.2, 0.25) is 15.9 Å². The highest BCUT2D eigenvalue weighted by molar-refractivity contribution is 7.99. The smallest absolute Gasteiger partial charge is 0.246 e. The van der Waals surface area contributed by atoms with Gasteiger partial charge in [-0.3, -0.25) is 4.79 Å². The number of hydrogen-bond acceptors (Lipinski definition) is 5. The average Bonchev–Trinajstić information content (AvgIpc) is 2.90. The summed E-state index contributed by atoms with van der Waals surface area (Å²) < 4.78 is 34.1. The molecule has 0 bridgehead atoms. The van der Waals surface area contributed by atoms with Crippen LogP contribution in [0.15, 0.2) is 87.5 Å². The van der Waals surface area contributed by atoms with E-state index in [1.165, 1.54) is 11.4 Å². The minimum Gasteiger partial charge on any atom is -0.495 e. The Morgan fingerprint density at radius 2 is 1.78 bits per heavy atom. The molecule has 0 spiro atoms. The van der Waals surface area contributed by atoms with E-state index in [0.717, 1.165) is 21.0 Å². The van der Waals surface area contributed by atoms with E-state index in [4.69, 9.17) is 4.74 Å². The molecule has 1 N–H and O–H groups in total. The zero-order valence-corrected chi connectivity index (χ0v) is 22.4. The highest BCUT2D eigenvalue weighted by Gasteiger charge is 2.35. The number of piperidine rings is 1.